The zero-order valence-corrected chi connectivity index (χ0v) is 16.2. The quantitative estimate of drug-likeness (QED) is 0.610. The molecular weight excluding hydrogens is 380 g/mol. The van der Waals surface area contributed by atoms with Crippen LogP contribution in [-0.2, 0) is 22.9 Å². The molecule has 0 aliphatic heterocycles. The van der Waals surface area contributed by atoms with Crippen molar-refractivity contribution in [3.05, 3.63) is 50.2 Å². The first-order valence-electron chi connectivity index (χ1n) is 8.07. The number of halogens is 1. The summed E-state index contributed by atoms with van der Waals surface area (Å²) < 4.78 is 24.7. The third-order valence-electron chi connectivity index (χ3n) is 4.20. The summed E-state index contributed by atoms with van der Waals surface area (Å²) in [5.74, 6) is -0.437. The predicted octanol–water partition coefficient (Wildman–Crippen LogP) is 3.60. The highest BCUT2D eigenvalue weighted by molar-refractivity contribution is 7.89. The van der Waals surface area contributed by atoms with Gasteiger partial charge in [0.25, 0.3) is 15.9 Å². The molecule has 0 bridgehead atoms. The molecular formula is C17H19ClN2O3S2. The Labute approximate surface area is 156 Å². The summed E-state index contributed by atoms with van der Waals surface area (Å²) in [4.78, 5) is 16.3. The molecule has 1 aliphatic rings. The number of aryl methyl sites for hydroxylation is 3. The largest absolute Gasteiger partial charge is 0.276 e. The van der Waals surface area contributed by atoms with Gasteiger partial charge in [0.15, 0.2) is 0 Å². The van der Waals surface area contributed by atoms with E-state index in [4.69, 9.17) is 11.6 Å². The number of sulfonamides is 1. The van der Waals surface area contributed by atoms with Crippen LogP contribution >= 0.6 is 22.9 Å². The number of hydrogen-bond donors (Lipinski definition) is 2. The van der Waals surface area contributed by atoms with E-state index in [9.17, 15) is 13.2 Å². The fourth-order valence-corrected chi connectivity index (χ4v) is 5.37. The fraction of sp³-hybridized carbons (Fsp3) is 0.353. The molecule has 0 atom stereocenters. The van der Waals surface area contributed by atoms with E-state index in [0.717, 1.165) is 25.7 Å². The Morgan fingerprint density at radius 2 is 1.92 bits per heavy atom. The van der Waals surface area contributed by atoms with Gasteiger partial charge in [0.2, 0.25) is 0 Å². The average molecular weight is 399 g/mol. The molecule has 1 aromatic heterocycles. The molecule has 1 heterocycles. The predicted molar refractivity (Wildman–Crippen MR) is 99.6 cm³/mol. The molecule has 1 amide bonds. The van der Waals surface area contributed by atoms with Crippen molar-refractivity contribution in [3.8, 4) is 0 Å². The zero-order chi connectivity index (χ0) is 18.0. The van der Waals surface area contributed by atoms with Crippen LogP contribution in [0.15, 0.2) is 29.2 Å². The molecule has 0 spiro atoms. The molecule has 134 valence electrons. The molecule has 25 heavy (non-hydrogen) atoms. The summed E-state index contributed by atoms with van der Waals surface area (Å²) in [5, 5.41) is 0.459. The standard InChI is InChI=1S/C17H19ClN2O3S2/c1-11-9-13(18)7-8-16(11)25(22,23)20-19-17(21)15-10-12-5-3-2-4-6-14(12)24-15/h7-10,20H,2-6H2,1H3,(H,19,21). The van der Waals surface area contributed by atoms with Gasteiger partial charge in [-0.25, -0.2) is 8.42 Å². The van der Waals surface area contributed by atoms with Crippen molar-refractivity contribution < 1.29 is 13.2 Å². The number of carbonyl (C=O) groups excluding carboxylic acids is 1. The first-order chi connectivity index (χ1) is 11.9. The molecule has 0 radical (unpaired) electrons. The lowest BCUT2D eigenvalue weighted by Gasteiger charge is -2.10. The number of thiophene rings is 1. The van der Waals surface area contributed by atoms with Gasteiger partial charge >= 0.3 is 0 Å². The highest BCUT2D eigenvalue weighted by Crippen LogP contribution is 2.29. The minimum Gasteiger partial charge on any atom is -0.273 e. The van der Waals surface area contributed by atoms with E-state index in [0.29, 0.717) is 15.5 Å². The monoisotopic (exact) mass is 398 g/mol. The maximum absolute atomic E-state index is 12.4. The molecule has 0 unspecified atom stereocenters. The van der Waals surface area contributed by atoms with E-state index in [2.05, 4.69) is 10.3 Å². The lowest BCUT2D eigenvalue weighted by atomic mass is 10.1. The van der Waals surface area contributed by atoms with Crippen LogP contribution in [0.25, 0.3) is 0 Å². The third-order valence-corrected chi connectivity index (χ3v) is 7.07. The van der Waals surface area contributed by atoms with Crippen molar-refractivity contribution in [2.75, 3.05) is 0 Å². The molecule has 1 aliphatic carbocycles. The topological polar surface area (TPSA) is 75.3 Å². The van der Waals surface area contributed by atoms with Crippen molar-refractivity contribution in [2.45, 2.75) is 43.9 Å². The number of rotatable bonds is 4. The summed E-state index contributed by atoms with van der Waals surface area (Å²) in [7, 11) is -3.85. The Morgan fingerprint density at radius 1 is 1.16 bits per heavy atom. The molecule has 2 N–H and O–H groups in total. The number of nitrogens with one attached hydrogen (secondary N) is 2. The maximum Gasteiger partial charge on any atom is 0.276 e. The summed E-state index contributed by atoms with van der Waals surface area (Å²) in [5.41, 5.74) is 4.03. The average Bonchev–Trinajstić information content (AvgIpc) is 2.83. The zero-order valence-electron chi connectivity index (χ0n) is 13.8. The lowest BCUT2D eigenvalue weighted by Crippen LogP contribution is -2.41. The van der Waals surface area contributed by atoms with E-state index >= 15 is 0 Å². The Balaban J connectivity index is 1.71. The van der Waals surface area contributed by atoms with Crippen LogP contribution in [0, 0.1) is 6.92 Å². The van der Waals surface area contributed by atoms with Crippen LogP contribution in [0.5, 0.6) is 0 Å². The van der Waals surface area contributed by atoms with Crippen molar-refractivity contribution in [1.82, 2.24) is 10.3 Å². The fourth-order valence-electron chi connectivity index (χ4n) is 2.92. The van der Waals surface area contributed by atoms with Crippen molar-refractivity contribution in [1.29, 1.82) is 0 Å². The molecule has 3 rings (SSSR count). The number of amides is 1. The summed E-state index contributed by atoms with van der Waals surface area (Å²) >= 11 is 7.30. The van der Waals surface area contributed by atoms with Gasteiger partial charge in [-0.2, -0.15) is 0 Å². The SMILES string of the molecule is Cc1cc(Cl)ccc1S(=O)(=O)NNC(=O)c1cc2c(s1)CCCCC2. The number of hydrazine groups is 1. The van der Waals surface area contributed by atoms with E-state index in [1.807, 2.05) is 6.07 Å². The molecule has 0 saturated carbocycles. The summed E-state index contributed by atoms with van der Waals surface area (Å²) in [6.45, 7) is 1.65. The molecule has 0 saturated heterocycles. The minimum absolute atomic E-state index is 0.0826. The van der Waals surface area contributed by atoms with E-state index < -0.39 is 15.9 Å². The minimum atomic E-state index is -3.85. The normalized spacial score (nSPS) is 14.6. The van der Waals surface area contributed by atoms with E-state index in [-0.39, 0.29) is 4.90 Å². The smallest absolute Gasteiger partial charge is 0.273 e. The molecule has 2 aromatic rings. The second-order valence-corrected chi connectivity index (χ2v) is 9.31. The highest BCUT2D eigenvalue weighted by atomic mass is 35.5. The Morgan fingerprint density at radius 3 is 2.68 bits per heavy atom. The second-order valence-electron chi connectivity index (χ2n) is 6.09. The molecule has 5 nitrogen and oxygen atoms in total. The van der Waals surface area contributed by atoms with Gasteiger partial charge < -0.3 is 0 Å². The van der Waals surface area contributed by atoms with E-state index in [1.54, 1.807) is 13.0 Å². The summed E-state index contributed by atoms with van der Waals surface area (Å²) in [6.07, 6.45) is 5.45. The number of hydrogen-bond acceptors (Lipinski definition) is 4. The number of carbonyl (C=O) groups is 1. The first kappa shape index (κ1) is 18.4. The highest BCUT2D eigenvalue weighted by Gasteiger charge is 2.20. The first-order valence-corrected chi connectivity index (χ1v) is 10.7. The van der Waals surface area contributed by atoms with Gasteiger partial charge in [0.05, 0.1) is 9.77 Å². The van der Waals surface area contributed by atoms with Crippen LogP contribution < -0.4 is 10.3 Å². The lowest BCUT2D eigenvalue weighted by molar-refractivity contribution is 0.0949. The Bertz CT molecular complexity index is 883. The maximum atomic E-state index is 12.4. The second kappa shape index (κ2) is 7.45. The summed E-state index contributed by atoms with van der Waals surface area (Å²) in [6, 6.07) is 6.36. The molecule has 0 fully saturated rings. The van der Waals surface area contributed by atoms with Crippen molar-refractivity contribution in [3.63, 3.8) is 0 Å². The number of fused-ring (bicyclic) bond motifs is 1. The van der Waals surface area contributed by atoms with E-state index in [1.165, 1.54) is 40.3 Å². The van der Waals surface area contributed by atoms with Gasteiger partial charge in [-0.15, -0.1) is 16.2 Å². The van der Waals surface area contributed by atoms with Gasteiger partial charge in [-0.1, -0.05) is 18.0 Å². The van der Waals surface area contributed by atoms with Gasteiger partial charge in [0.1, 0.15) is 0 Å². The Hall–Kier alpha value is -1.41. The van der Waals surface area contributed by atoms with Crippen molar-refractivity contribution in [2.24, 2.45) is 0 Å². The number of benzene rings is 1. The van der Waals surface area contributed by atoms with Gasteiger partial charge in [0, 0.05) is 9.90 Å². The van der Waals surface area contributed by atoms with Gasteiger partial charge in [-0.05, 0) is 68.0 Å². The van der Waals surface area contributed by atoms with Crippen LogP contribution in [0.1, 0.15) is 44.9 Å². The molecule has 8 heteroatoms. The van der Waals surface area contributed by atoms with Crippen LogP contribution in [0.3, 0.4) is 0 Å². The van der Waals surface area contributed by atoms with Gasteiger partial charge in [-0.3, -0.25) is 10.2 Å². The Kier molecular flexibility index (Phi) is 5.48. The molecule has 1 aromatic carbocycles. The van der Waals surface area contributed by atoms with Crippen molar-refractivity contribution >= 4 is 38.9 Å². The van der Waals surface area contributed by atoms with Crippen LogP contribution in [0.2, 0.25) is 5.02 Å². The van der Waals surface area contributed by atoms with Crippen LogP contribution in [0.4, 0.5) is 0 Å². The van der Waals surface area contributed by atoms with Crippen LogP contribution in [-0.4, -0.2) is 14.3 Å². The third kappa shape index (κ3) is 4.23.